The van der Waals surface area contributed by atoms with Gasteiger partial charge in [0.15, 0.2) is 0 Å². The van der Waals surface area contributed by atoms with E-state index < -0.39 is 10.7 Å². The second kappa shape index (κ2) is 5.70. The fourth-order valence-corrected chi connectivity index (χ4v) is 1.70. The number of anilines is 3. The van der Waals surface area contributed by atoms with Crippen LogP contribution < -0.4 is 10.6 Å². The Kier molecular flexibility index (Phi) is 3.99. The van der Waals surface area contributed by atoms with Gasteiger partial charge >= 0.3 is 0 Å². The molecule has 1 aromatic heterocycles. The van der Waals surface area contributed by atoms with Crippen LogP contribution in [-0.4, -0.2) is 17.0 Å². The van der Waals surface area contributed by atoms with Crippen LogP contribution in [0.4, 0.5) is 27.4 Å². The molecule has 0 fully saturated rings. The van der Waals surface area contributed by atoms with E-state index in [1.165, 1.54) is 24.3 Å². The van der Waals surface area contributed by atoms with Gasteiger partial charge in [-0.25, -0.2) is 9.37 Å². The second-order valence-electron chi connectivity index (χ2n) is 3.85. The Morgan fingerprint density at radius 3 is 2.60 bits per heavy atom. The van der Waals surface area contributed by atoms with Gasteiger partial charge in [0, 0.05) is 12.1 Å². The predicted molar refractivity (Wildman–Crippen MR) is 75.1 cm³/mol. The number of benzene rings is 1. The average molecular weight is 297 g/mol. The van der Waals surface area contributed by atoms with E-state index in [-0.39, 0.29) is 22.2 Å². The minimum atomic E-state index is -0.572. The number of aromatic nitrogens is 1. The highest BCUT2D eigenvalue weighted by molar-refractivity contribution is 6.30. The lowest BCUT2D eigenvalue weighted by Crippen LogP contribution is -2.01. The van der Waals surface area contributed by atoms with Gasteiger partial charge in [-0.3, -0.25) is 10.1 Å². The Hall–Kier alpha value is -2.41. The summed E-state index contributed by atoms with van der Waals surface area (Å²) in [6, 6.07) is 6.57. The topological polar surface area (TPSA) is 80.1 Å². The van der Waals surface area contributed by atoms with Gasteiger partial charge in [-0.2, -0.15) is 0 Å². The number of nitrogens with one attached hydrogen (secondary N) is 2. The van der Waals surface area contributed by atoms with Crippen molar-refractivity contribution in [2.75, 3.05) is 17.7 Å². The van der Waals surface area contributed by atoms with Crippen LogP contribution in [0.25, 0.3) is 0 Å². The Labute approximate surface area is 118 Å². The molecule has 2 aromatic rings. The molecule has 0 spiro atoms. The van der Waals surface area contributed by atoms with Gasteiger partial charge in [0.25, 0.3) is 5.69 Å². The van der Waals surface area contributed by atoms with Crippen LogP contribution in [0.3, 0.4) is 0 Å². The van der Waals surface area contributed by atoms with Crippen molar-refractivity contribution in [3.63, 3.8) is 0 Å². The molecule has 1 aromatic carbocycles. The number of halogens is 2. The molecule has 104 valence electrons. The van der Waals surface area contributed by atoms with Crippen LogP contribution in [0.15, 0.2) is 30.3 Å². The van der Waals surface area contributed by atoms with Crippen molar-refractivity contribution in [2.24, 2.45) is 0 Å². The van der Waals surface area contributed by atoms with E-state index >= 15 is 0 Å². The van der Waals surface area contributed by atoms with Crippen LogP contribution in [0.2, 0.25) is 5.02 Å². The first-order valence-corrected chi connectivity index (χ1v) is 5.93. The molecule has 0 atom stereocenters. The van der Waals surface area contributed by atoms with E-state index in [4.69, 9.17) is 11.6 Å². The molecule has 20 heavy (non-hydrogen) atoms. The first-order valence-electron chi connectivity index (χ1n) is 5.56. The maximum absolute atomic E-state index is 13.7. The average Bonchev–Trinajstić information content (AvgIpc) is 2.41. The lowest BCUT2D eigenvalue weighted by atomic mass is 10.3. The third-order valence-corrected chi connectivity index (χ3v) is 2.71. The zero-order valence-electron chi connectivity index (χ0n) is 10.4. The summed E-state index contributed by atoms with van der Waals surface area (Å²) in [6.07, 6.45) is 0. The summed E-state index contributed by atoms with van der Waals surface area (Å²) in [5.41, 5.74) is -0.0225. The Bertz CT molecular complexity index is 666. The molecular formula is C12H10ClFN4O2. The second-order valence-corrected chi connectivity index (χ2v) is 4.29. The number of nitrogens with zero attached hydrogens (tertiary/aromatic N) is 2. The lowest BCUT2D eigenvalue weighted by molar-refractivity contribution is -0.384. The molecule has 0 aliphatic rings. The van der Waals surface area contributed by atoms with Gasteiger partial charge in [-0.15, -0.1) is 0 Å². The lowest BCUT2D eigenvalue weighted by Gasteiger charge is -2.08. The van der Waals surface area contributed by atoms with E-state index in [2.05, 4.69) is 15.6 Å². The first kappa shape index (κ1) is 14.0. The summed E-state index contributed by atoms with van der Waals surface area (Å²) in [5, 5.41) is 16.5. The van der Waals surface area contributed by atoms with E-state index in [9.17, 15) is 14.5 Å². The number of pyridine rings is 1. The molecule has 2 N–H and O–H groups in total. The van der Waals surface area contributed by atoms with Gasteiger partial charge in [0.1, 0.15) is 17.5 Å². The minimum absolute atomic E-state index is 0.129. The molecule has 6 nitrogen and oxygen atoms in total. The van der Waals surface area contributed by atoms with Gasteiger partial charge in [-0.05, 0) is 18.2 Å². The van der Waals surface area contributed by atoms with Crippen LogP contribution in [0.1, 0.15) is 0 Å². The summed E-state index contributed by atoms with van der Waals surface area (Å²) >= 11 is 5.65. The summed E-state index contributed by atoms with van der Waals surface area (Å²) < 4.78 is 13.7. The largest absolute Gasteiger partial charge is 0.373 e. The minimum Gasteiger partial charge on any atom is -0.373 e. The number of hydrogen-bond donors (Lipinski definition) is 2. The summed E-state index contributed by atoms with van der Waals surface area (Å²) in [4.78, 5) is 14.3. The Morgan fingerprint density at radius 2 is 2.00 bits per heavy atom. The van der Waals surface area contributed by atoms with Gasteiger partial charge < -0.3 is 10.6 Å². The van der Waals surface area contributed by atoms with Crippen LogP contribution in [0.5, 0.6) is 0 Å². The fraction of sp³-hybridized carbons (Fsp3) is 0.0833. The molecule has 2 rings (SSSR count). The standard InChI is InChI=1S/C12H10ClFN4O2/c1-15-11-5-8(18(19)20)6-12(17-11)16-10-3-2-7(13)4-9(10)14/h2-6H,1H3,(H2,15,16,17). The summed E-state index contributed by atoms with van der Waals surface area (Å²) in [6.45, 7) is 0. The summed E-state index contributed by atoms with van der Waals surface area (Å²) in [5.74, 6) is -0.113. The van der Waals surface area contributed by atoms with Crippen LogP contribution in [-0.2, 0) is 0 Å². The smallest absolute Gasteiger partial charge is 0.276 e. The number of nitro groups is 1. The predicted octanol–water partition coefficient (Wildman–Crippen LogP) is 3.57. The molecule has 0 saturated heterocycles. The van der Waals surface area contributed by atoms with Crippen molar-refractivity contribution in [1.82, 2.24) is 4.98 Å². The molecule has 0 amide bonds. The first-order chi connectivity index (χ1) is 9.49. The van der Waals surface area contributed by atoms with Crippen molar-refractivity contribution in [3.8, 4) is 0 Å². The molecule has 1 heterocycles. The van der Waals surface area contributed by atoms with Crippen molar-refractivity contribution in [2.45, 2.75) is 0 Å². The quantitative estimate of drug-likeness (QED) is 0.666. The highest BCUT2D eigenvalue weighted by Gasteiger charge is 2.12. The van der Waals surface area contributed by atoms with Gasteiger partial charge in [-0.1, -0.05) is 11.6 Å². The molecule has 0 unspecified atom stereocenters. The van der Waals surface area contributed by atoms with E-state index in [0.29, 0.717) is 5.82 Å². The molecule has 0 radical (unpaired) electrons. The highest BCUT2D eigenvalue weighted by Crippen LogP contribution is 2.25. The number of rotatable bonds is 4. The van der Waals surface area contributed by atoms with Crippen LogP contribution in [0, 0.1) is 15.9 Å². The molecule has 0 bridgehead atoms. The van der Waals surface area contributed by atoms with Crippen LogP contribution >= 0.6 is 11.6 Å². The maximum atomic E-state index is 13.7. The van der Waals surface area contributed by atoms with Gasteiger partial charge in [0.2, 0.25) is 0 Å². The SMILES string of the molecule is CNc1cc([N+](=O)[O-])cc(Nc2ccc(Cl)cc2F)n1. The molecular weight excluding hydrogens is 287 g/mol. The van der Waals surface area contributed by atoms with Crippen molar-refractivity contribution >= 4 is 34.6 Å². The normalized spacial score (nSPS) is 10.2. The van der Waals surface area contributed by atoms with Gasteiger partial charge in [0.05, 0.1) is 22.7 Å². The van der Waals surface area contributed by atoms with Crippen molar-refractivity contribution in [3.05, 3.63) is 51.3 Å². The summed E-state index contributed by atoms with van der Waals surface area (Å²) in [7, 11) is 1.58. The monoisotopic (exact) mass is 296 g/mol. The Balaban J connectivity index is 2.37. The molecule has 0 saturated carbocycles. The fourth-order valence-electron chi connectivity index (χ4n) is 1.54. The number of hydrogen-bond acceptors (Lipinski definition) is 5. The van der Waals surface area contributed by atoms with Crippen molar-refractivity contribution in [1.29, 1.82) is 0 Å². The van der Waals surface area contributed by atoms with E-state index in [1.807, 2.05) is 0 Å². The molecule has 0 aliphatic heterocycles. The zero-order chi connectivity index (χ0) is 14.7. The maximum Gasteiger partial charge on any atom is 0.276 e. The molecule has 0 aliphatic carbocycles. The highest BCUT2D eigenvalue weighted by atomic mass is 35.5. The van der Waals surface area contributed by atoms with E-state index in [0.717, 1.165) is 6.07 Å². The van der Waals surface area contributed by atoms with E-state index in [1.54, 1.807) is 7.05 Å². The van der Waals surface area contributed by atoms with Crippen molar-refractivity contribution < 1.29 is 9.31 Å². The zero-order valence-corrected chi connectivity index (χ0v) is 11.1. The third kappa shape index (κ3) is 3.12. The Morgan fingerprint density at radius 1 is 1.30 bits per heavy atom. The molecule has 8 heteroatoms. The third-order valence-electron chi connectivity index (χ3n) is 2.47.